The minimum Gasteiger partial charge on any atom is -0.330 e. The van der Waals surface area contributed by atoms with E-state index >= 15 is 0 Å². The van der Waals surface area contributed by atoms with Crippen LogP contribution in [0.2, 0.25) is 0 Å². The van der Waals surface area contributed by atoms with Gasteiger partial charge in [-0.15, -0.1) is 0 Å². The van der Waals surface area contributed by atoms with Crippen molar-refractivity contribution in [1.82, 2.24) is 14.8 Å². The highest BCUT2D eigenvalue weighted by molar-refractivity contribution is 5.90. The van der Waals surface area contributed by atoms with Crippen LogP contribution in [0.1, 0.15) is 5.56 Å². The summed E-state index contributed by atoms with van der Waals surface area (Å²) in [5, 5.41) is 0. The van der Waals surface area contributed by atoms with Crippen molar-refractivity contribution in [3.63, 3.8) is 0 Å². The molecule has 0 aliphatic heterocycles. The van der Waals surface area contributed by atoms with Crippen LogP contribution in [0.25, 0.3) is 0 Å². The number of hydrogen-bond donors (Lipinski definition) is 0. The molecule has 0 unspecified atom stereocenters. The minimum atomic E-state index is -4.47. The smallest absolute Gasteiger partial charge is 0.330 e. The molecule has 0 saturated heterocycles. The number of pyridine rings is 1. The van der Waals surface area contributed by atoms with Crippen LogP contribution in [-0.4, -0.2) is 62.1 Å². The average Bonchev–Trinajstić information content (AvgIpc) is 2.37. The van der Waals surface area contributed by atoms with E-state index in [2.05, 4.69) is 4.98 Å². The van der Waals surface area contributed by atoms with Gasteiger partial charge in [0.1, 0.15) is 5.82 Å². The van der Waals surface area contributed by atoms with E-state index in [1.165, 1.54) is 9.80 Å². The molecule has 0 saturated carbocycles. The first-order chi connectivity index (χ1) is 9.62. The highest BCUT2D eigenvalue weighted by Gasteiger charge is 2.32. The lowest BCUT2D eigenvalue weighted by Crippen LogP contribution is -2.43. The van der Waals surface area contributed by atoms with Crippen LogP contribution in [-0.2, 0) is 6.18 Å². The molecule has 5 nitrogen and oxygen atoms in total. The van der Waals surface area contributed by atoms with Crippen LogP contribution < -0.4 is 4.90 Å². The first kappa shape index (κ1) is 17.2. The van der Waals surface area contributed by atoms with Gasteiger partial charge in [-0.05, 0) is 26.2 Å². The van der Waals surface area contributed by atoms with Gasteiger partial charge in [0.25, 0.3) is 0 Å². The average molecular weight is 304 g/mol. The van der Waals surface area contributed by atoms with Crippen molar-refractivity contribution in [3.8, 4) is 0 Å². The Labute approximate surface area is 122 Å². The zero-order valence-corrected chi connectivity index (χ0v) is 12.5. The SMILES string of the molecule is CN(C)CCN(C(=O)N(C)C)c1cc(C(F)(F)F)ccn1. The summed E-state index contributed by atoms with van der Waals surface area (Å²) in [6.07, 6.45) is -3.41. The van der Waals surface area contributed by atoms with Gasteiger partial charge in [0.05, 0.1) is 5.56 Å². The number of likely N-dealkylation sites (N-methyl/N-ethyl adjacent to an activating group) is 1. The zero-order valence-electron chi connectivity index (χ0n) is 12.5. The van der Waals surface area contributed by atoms with Gasteiger partial charge in [0.15, 0.2) is 0 Å². The summed E-state index contributed by atoms with van der Waals surface area (Å²) < 4.78 is 38.3. The van der Waals surface area contributed by atoms with Gasteiger partial charge in [-0.1, -0.05) is 0 Å². The lowest BCUT2D eigenvalue weighted by molar-refractivity contribution is -0.137. The summed E-state index contributed by atoms with van der Waals surface area (Å²) in [7, 11) is 6.72. The van der Waals surface area contributed by atoms with Gasteiger partial charge in [-0.25, -0.2) is 9.78 Å². The predicted octanol–water partition coefficient (Wildman–Crippen LogP) is 2.15. The van der Waals surface area contributed by atoms with Crippen molar-refractivity contribution in [1.29, 1.82) is 0 Å². The number of hydrogen-bond acceptors (Lipinski definition) is 3. The van der Waals surface area contributed by atoms with E-state index in [0.29, 0.717) is 6.54 Å². The summed E-state index contributed by atoms with van der Waals surface area (Å²) in [4.78, 5) is 20.4. The van der Waals surface area contributed by atoms with Crippen LogP contribution in [0.4, 0.5) is 23.8 Å². The standard InChI is InChI=1S/C13H19F3N4O/c1-18(2)7-8-20(12(21)19(3)4)11-9-10(5-6-17-11)13(14,15)16/h5-6,9H,7-8H2,1-4H3. The number of halogens is 3. The van der Waals surface area contributed by atoms with Crippen molar-refractivity contribution in [2.45, 2.75) is 6.18 Å². The Morgan fingerprint density at radius 3 is 2.29 bits per heavy atom. The quantitative estimate of drug-likeness (QED) is 0.855. The minimum absolute atomic E-state index is 0.00891. The molecule has 8 heteroatoms. The summed E-state index contributed by atoms with van der Waals surface area (Å²) in [6.45, 7) is 0.760. The summed E-state index contributed by atoms with van der Waals surface area (Å²) >= 11 is 0. The number of nitrogens with zero attached hydrogens (tertiary/aromatic N) is 4. The number of anilines is 1. The molecule has 21 heavy (non-hydrogen) atoms. The monoisotopic (exact) mass is 304 g/mol. The Bertz CT molecular complexity index is 489. The van der Waals surface area contributed by atoms with Crippen LogP contribution in [0.15, 0.2) is 18.3 Å². The molecule has 1 rings (SSSR count). The van der Waals surface area contributed by atoms with Gasteiger partial charge in [-0.2, -0.15) is 13.2 Å². The summed E-state index contributed by atoms with van der Waals surface area (Å²) in [5.41, 5.74) is -0.825. The fraction of sp³-hybridized carbons (Fsp3) is 0.538. The Morgan fingerprint density at radius 2 is 1.81 bits per heavy atom. The van der Waals surface area contributed by atoms with Crippen molar-refractivity contribution in [2.75, 3.05) is 46.2 Å². The van der Waals surface area contributed by atoms with E-state index in [4.69, 9.17) is 0 Å². The Balaban J connectivity index is 3.10. The normalized spacial score (nSPS) is 11.6. The molecular weight excluding hydrogens is 285 g/mol. The van der Waals surface area contributed by atoms with E-state index in [9.17, 15) is 18.0 Å². The maximum atomic E-state index is 12.8. The molecule has 2 amide bonds. The number of amides is 2. The molecule has 0 spiro atoms. The summed E-state index contributed by atoms with van der Waals surface area (Å²) in [6, 6.07) is 1.36. The van der Waals surface area contributed by atoms with Crippen molar-refractivity contribution in [2.24, 2.45) is 0 Å². The third-order valence-corrected chi connectivity index (χ3v) is 2.73. The van der Waals surface area contributed by atoms with Gasteiger partial charge in [0, 0.05) is 33.4 Å². The molecule has 0 aliphatic rings. The lowest BCUT2D eigenvalue weighted by Gasteiger charge is -2.27. The number of urea groups is 1. The van der Waals surface area contributed by atoms with E-state index in [-0.39, 0.29) is 12.4 Å². The third-order valence-electron chi connectivity index (χ3n) is 2.73. The van der Waals surface area contributed by atoms with Crippen LogP contribution >= 0.6 is 0 Å². The van der Waals surface area contributed by atoms with Crippen molar-refractivity contribution in [3.05, 3.63) is 23.9 Å². The van der Waals surface area contributed by atoms with Crippen LogP contribution in [0, 0.1) is 0 Å². The maximum Gasteiger partial charge on any atom is 0.416 e. The van der Waals surface area contributed by atoms with Crippen molar-refractivity contribution < 1.29 is 18.0 Å². The number of carbonyl (C=O) groups excluding carboxylic acids is 1. The Hall–Kier alpha value is -1.83. The third kappa shape index (κ3) is 4.89. The fourth-order valence-corrected chi connectivity index (χ4v) is 1.59. The molecule has 0 N–H and O–H groups in total. The van der Waals surface area contributed by atoms with Gasteiger partial charge < -0.3 is 9.80 Å². The molecule has 0 fully saturated rings. The molecule has 0 radical (unpaired) electrons. The predicted molar refractivity (Wildman–Crippen MR) is 74.2 cm³/mol. The first-order valence-electron chi connectivity index (χ1n) is 6.29. The van der Waals surface area contributed by atoms with E-state index < -0.39 is 17.8 Å². The molecule has 1 aromatic heterocycles. The van der Waals surface area contributed by atoms with Crippen LogP contribution in [0.5, 0.6) is 0 Å². The van der Waals surface area contributed by atoms with E-state index in [1.54, 1.807) is 14.1 Å². The zero-order chi connectivity index (χ0) is 16.2. The molecule has 1 heterocycles. The number of alkyl halides is 3. The van der Waals surface area contributed by atoms with Gasteiger partial charge in [-0.3, -0.25) is 4.90 Å². The van der Waals surface area contributed by atoms with Crippen molar-refractivity contribution >= 4 is 11.8 Å². The molecule has 0 atom stereocenters. The molecular formula is C13H19F3N4O. The molecule has 118 valence electrons. The second kappa shape index (κ2) is 6.75. The Morgan fingerprint density at radius 1 is 1.19 bits per heavy atom. The largest absolute Gasteiger partial charge is 0.416 e. The highest BCUT2D eigenvalue weighted by atomic mass is 19.4. The lowest BCUT2D eigenvalue weighted by atomic mass is 10.2. The number of aromatic nitrogens is 1. The first-order valence-corrected chi connectivity index (χ1v) is 6.29. The highest BCUT2D eigenvalue weighted by Crippen LogP contribution is 2.30. The molecule has 0 aliphatic carbocycles. The maximum absolute atomic E-state index is 12.8. The topological polar surface area (TPSA) is 39.7 Å². The van der Waals surface area contributed by atoms with E-state index in [0.717, 1.165) is 18.3 Å². The fourth-order valence-electron chi connectivity index (χ4n) is 1.59. The molecule has 0 bridgehead atoms. The summed E-state index contributed by atoms with van der Waals surface area (Å²) in [5.74, 6) is -0.00891. The van der Waals surface area contributed by atoms with Crippen LogP contribution in [0.3, 0.4) is 0 Å². The van der Waals surface area contributed by atoms with E-state index in [1.807, 2.05) is 19.0 Å². The molecule has 0 aromatic carbocycles. The number of rotatable bonds is 4. The number of carbonyl (C=O) groups is 1. The van der Waals surface area contributed by atoms with Gasteiger partial charge in [0.2, 0.25) is 0 Å². The second-order valence-electron chi connectivity index (χ2n) is 5.03. The Kier molecular flexibility index (Phi) is 5.54. The second-order valence-corrected chi connectivity index (χ2v) is 5.03. The van der Waals surface area contributed by atoms with Gasteiger partial charge >= 0.3 is 12.2 Å². The molecule has 1 aromatic rings.